The number of carbonyl (C=O) groups is 1. The number of furan rings is 1. The number of anilines is 1. The lowest BCUT2D eigenvalue weighted by molar-refractivity contribution is 0.0696. The minimum absolute atomic E-state index is 0.113. The van der Waals surface area contributed by atoms with E-state index in [1.807, 2.05) is 39.8 Å². The fourth-order valence-corrected chi connectivity index (χ4v) is 4.98. The van der Waals surface area contributed by atoms with Crippen LogP contribution in [0.2, 0.25) is 0 Å². The second kappa shape index (κ2) is 9.70. The summed E-state index contributed by atoms with van der Waals surface area (Å²) in [5.41, 5.74) is 4.15. The van der Waals surface area contributed by atoms with Crippen LogP contribution in [0.15, 0.2) is 52.0 Å². The molecule has 0 unspecified atom stereocenters. The summed E-state index contributed by atoms with van der Waals surface area (Å²) < 4.78 is 39.8. The topological polar surface area (TPSA) is 97.0 Å². The highest BCUT2D eigenvalue weighted by atomic mass is 32.2. The molecule has 3 aromatic rings. The number of ether oxygens (including phenoxy) is 1. The van der Waals surface area contributed by atoms with Crippen molar-refractivity contribution in [1.29, 1.82) is 0 Å². The Morgan fingerprint density at radius 1 is 1.00 bits per heavy atom. The van der Waals surface area contributed by atoms with Crippen LogP contribution in [-0.4, -0.2) is 26.0 Å². The van der Waals surface area contributed by atoms with Gasteiger partial charge in [-0.3, -0.25) is 4.31 Å². The molecule has 1 N–H and O–H groups in total. The first kappa shape index (κ1) is 24.4. The van der Waals surface area contributed by atoms with Crippen molar-refractivity contribution < 1.29 is 27.5 Å². The molecule has 0 amide bonds. The van der Waals surface area contributed by atoms with Crippen molar-refractivity contribution in [2.75, 3.05) is 10.8 Å². The molecule has 0 aliphatic heterocycles. The van der Waals surface area contributed by atoms with Gasteiger partial charge < -0.3 is 14.3 Å². The van der Waals surface area contributed by atoms with Gasteiger partial charge in [-0.1, -0.05) is 13.0 Å². The first-order chi connectivity index (χ1) is 15.5. The second-order valence-corrected chi connectivity index (χ2v) is 9.87. The lowest BCUT2D eigenvalue weighted by Crippen LogP contribution is -2.32. The van der Waals surface area contributed by atoms with Crippen LogP contribution in [-0.2, 0) is 16.6 Å². The molecule has 33 heavy (non-hydrogen) atoms. The lowest BCUT2D eigenvalue weighted by Gasteiger charge is -2.26. The van der Waals surface area contributed by atoms with Crippen LogP contribution < -0.4 is 9.04 Å². The van der Waals surface area contributed by atoms with Crippen molar-refractivity contribution in [3.05, 3.63) is 76.0 Å². The lowest BCUT2D eigenvalue weighted by atomic mass is 10.1. The number of aryl methyl sites for hydroxylation is 4. The number of carboxylic acids is 1. The van der Waals surface area contributed by atoms with Gasteiger partial charge in [0.25, 0.3) is 10.0 Å². The van der Waals surface area contributed by atoms with Crippen LogP contribution >= 0.6 is 0 Å². The number of hydrogen-bond donors (Lipinski definition) is 1. The van der Waals surface area contributed by atoms with Crippen molar-refractivity contribution in [3.8, 4) is 5.75 Å². The van der Waals surface area contributed by atoms with Gasteiger partial charge in [0, 0.05) is 6.54 Å². The minimum atomic E-state index is -3.93. The van der Waals surface area contributed by atoms with Gasteiger partial charge in [0.05, 0.1) is 11.3 Å². The molecule has 7 nitrogen and oxygen atoms in total. The number of aromatic carboxylic acids is 1. The smallest absolute Gasteiger partial charge is 0.335 e. The zero-order valence-corrected chi connectivity index (χ0v) is 20.3. The van der Waals surface area contributed by atoms with E-state index in [1.165, 1.54) is 16.4 Å². The maximum absolute atomic E-state index is 13.4. The SMILES string of the molecule is CCCN(c1cc(C)c(C)cc1OCc1ccc(C(=O)O)cc1C)S(=O)(=O)c1ccc(C)o1. The summed E-state index contributed by atoms with van der Waals surface area (Å²) in [5.74, 6) is -0.0439. The third kappa shape index (κ3) is 5.22. The molecule has 0 saturated carbocycles. The maximum Gasteiger partial charge on any atom is 0.335 e. The molecule has 0 spiro atoms. The molecule has 0 saturated heterocycles. The Bertz CT molecular complexity index is 1280. The Morgan fingerprint density at radius 2 is 1.70 bits per heavy atom. The molecule has 2 aromatic carbocycles. The number of rotatable bonds is 9. The van der Waals surface area contributed by atoms with E-state index in [4.69, 9.17) is 9.15 Å². The molecule has 0 atom stereocenters. The summed E-state index contributed by atoms with van der Waals surface area (Å²) in [6, 6.07) is 11.6. The normalized spacial score (nSPS) is 11.4. The van der Waals surface area contributed by atoms with Crippen molar-refractivity contribution in [2.45, 2.75) is 52.7 Å². The zero-order chi connectivity index (χ0) is 24.3. The molecule has 0 aliphatic rings. The number of nitrogens with zero attached hydrogens (tertiary/aromatic N) is 1. The van der Waals surface area contributed by atoms with E-state index >= 15 is 0 Å². The van der Waals surface area contributed by atoms with E-state index < -0.39 is 16.0 Å². The van der Waals surface area contributed by atoms with Crippen molar-refractivity contribution in [1.82, 2.24) is 0 Å². The molecule has 3 rings (SSSR count). The van der Waals surface area contributed by atoms with E-state index in [0.29, 0.717) is 23.6 Å². The van der Waals surface area contributed by atoms with Gasteiger partial charge in [0.1, 0.15) is 18.1 Å². The Labute approximate surface area is 194 Å². The van der Waals surface area contributed by atoms with E-state index in [2.05, 4.69) is 0 Å². The van der Waals surface area contributed by atoms with Crippen molar-refractivity contribution in [2.24, 2.45) is 0 Å². The highest BCUT2D eigenvalue weighted by Gasteiger charge is 2.30. The van der Waals surface area contributed by atoms with E-state index in [-0.39, 0.29) is 23.8 Å². The Kier molecular flexibility index (Phi) is 7.17. The second-order valence-electron chi connectivity index (χ2n) is 8.08. The summed E-state index contributed by atoms with van der Waals surface area (Å²) in [5, 5.41) is 9.07. The molecule has 8 heteroatoms. The van der Waals surface area contributed by atoms with E-state index in [0.717, 1.165) is 22.3 Å². The number of carboxylic acid groups (broad SMARTS) is 1. The van der Waals surface area contributed by atoms with Gasteiger partial charge in [-0.25, -0.2) is 4.79 Å². The predicted molar refractivity (Wildman–Crippen MR) is 127 cm³/mol. The first-order valence-corrected chi connectivity index (χ1v) is 12.1. The van der Waals surface area contributed by atoms with Crippen LogP contribution in [0.25, 0.3) is 0 Å². The van der Waals surface area contributed by atoms with Crippen molar-refractivity contribution in [3.63, 3.8) is 0 Å². The summed E-state index contributed by atoms with van der Waals surface area (Å²) >= 11 is 0. The summed E-state index contributed by atoms with van der Waals surface area (Å²) in [6.07, 6.45) is 0.598. The third-order valence-corrected chi connectivity index (χ3v) is 7.19. The predicted octanol–water partition coefficient (Wildman–Crippen LogP) is 5.40. The fourth-order valence-electron chi connectivity index (χ4n) is 3.46. The van der Waals surface area contributed by atoms with Gasteiger partial charge >= 0.3 is 5.97 Å². The molecule has 176 valence electrons. The van der Waals surface area contributed by atoms with Crippen LogP contribution in [0.3, 0.4) is 0 Å². The molecular formula is C25H29NO6S. The Hall–Kier alpha value is -3.26. The van der Waals surface area contributed by atoms with E-state index in [1.54, 1.807) is 25.1 Å². The van der Waals surface area contributed by atoms with Gasteiger partial charge in [-0.05, 0) is 92.8 Å². The quantitative estimate of drug-likeness (QED) is 0.449. The van der Waals surface area contributed by atoms with Gasteiger partial charge in [0.15, 0.2) is 0 Å². The summed E-state index contributed by atoms with van der Waals surface area (Å²) in [6.45, 7) is 9.71. The zero-order valence-electron chi connectivity index (χ0n) is 19.5. The number of benzene rings is 2. The van der Waals surface area contributed by atoms with Crippen molar-refractivity contribution >= 4 is 21.7 Å². The highest BCUT2D eigenvalue weighted by Crippen LogP contribution is 2.36. The highest BCUT2D eigenvalue weighted by molar-refractivity contribution is 7.92. The average Bonchev–Trinajstić information content (AvgIpc) is 3.20. The fraction of sp³-hybridized carbons (Fsp3) is 0.320. The Morgan fingerprint density at radius 3 is 2.27 bits per heavy atom. The number of hydrogen-bond acceptors (Lipinski definition) is 5. The molecule has 1 heterocycles. The average molecular weight is 472 g/mol. The molecular weight excluding hydrogens is 442 g/mol. The molecule has 0 aliphatic carbocycles. The van der Waals surface area contributed by atoms with E-state index in [9.17, 15) is 18.3 Å². The molecule has 0 fully saturated rings. The van der Waals surface area contributed by atoms with Crippen LogP contribution in [0.1, 0.15) is 51.7 Å². The summed E-state index contributed by atoms with van der Waals surface area (Å²) in [4.78, 5) is 11.2. The van der Waals surface area contributed by atoms with Gasteiger partial charge in [-0.15, -0.1) is 0 Å². The molecule has 1 aromatic heterocycles. The third-order valence-electron chi connectivity index (χ3n) is 5.50. The molecule has 0 bridgehead atoms. The van der Waals surface area contributed by atoms with Gasteiger partial charge in [-0.2, -0.15) is 8.42 Å². The van der Waals surface area contributed by atoms with Crippen LogP contribution in [0.4, 0.5) is 5.69 Å². The maximum atomic E-state index is 13.4. The largest absolute Gasteiger partial charge is 0.487 e. The summed E-state index contributed by atoms with van der Waals surface area (Å²) in [7, 11) is -3.93. The van der Waals surface area contributed by atoms with Crippen LogP contribution in [0, 0.1) is 27.7 Å². The monoisotopic (exact) mass is 471 g/mol. The minimum Gasteiger partial charge on any atom is -0.487 e. The van der Waals surface area contributed by atoms with Gasteiger partial charge in [0.2, 0.25) is 5.09 Å². The Balaban J connectivity index is 2.01. The first-order valence-electron chi connectivity index (χ1n) is 10.7. The standard InChI is InChI=1S/C25H29NO6S/c1-6-11-26(33(29,30)24-10-7-19(5)32-24)22-13-16(2)17(3)14-23(22)31-15-21-9-8-20(25(27)28)12-18(21)4/h7-10,12-14H,6,11,15H2,1-5H3,(H,27,28). The molecule has 0 radical (unpaired) electrons. The van der Waals surface area contributed by atoms with Crippen LogP contribution in [0.5, 0.6) is 5.75 Å². The number of sulfonamides is 1.